The van der Waals surface area contributed by atoms with Crippen LogP contribution < -0.4 is 0 Å². The van der Waals surface area contributed by atoms with Gasteiger partial charge >= 0.3 is 0 Å². The zero-order chi connectivity index (χ0) is 8.39. The predicted octanol–water partition coefficient (Wildman–Crippen LogP) is 2.85. The summed E-state index contributed by atoms with van der Waals surface area (Å²) in [5.41, 5.74) is 0.832. The quantitative estimate of drug-likeness (QED) is 0.521. The van der Waals surface area contributed by atoms with Crippen LogP contribution in [-0.2, 0) is 5.88 Å². The number of hydrogen-bond donors (Lipinski definition) is 0. The summed E-state index contributed by atoms with van der Waals surface area (Å²) in [5, 5.41) is 0. The Kier molecular flexibility index (Phi) is 2.17. The second-order valence-corrected chi connectivity index (χ2v) is 3.22. The molecular formula is C9H10ClNO. The molecule has 0 aromatic carbocycles. The first-order chi connectivity index (χ1) is 5.90. The number of nitrogens with zero attached hydrogens (tertiary/aromatic N) is 1. The maximum Gasteiger partial charge on any atom is 0.197 e. The van der Waals surface area contributed by atoms with Gasteiger partial charge in [0.15, 0.2) is 5.89 Å². The van der Waals surface area contributed by atoms with Crippen molar-refractivity contribution in [3.8, 4) is 0 Å². The number of aromatic nitrogens is 1. The number of alkyl halides is 1. The van der Waals surface area contributed by atoms with Gasteiger partial charge in [-0.15, -0.1) is 11.6 Å². The van der Waals surface area contributed by atoms with E-state index in [0.717, 1.165) is 24.4 Å². The summed E-state index contributed by atoms with van der Waals surface area (Å²) in [6.45, 7) is 0. The van der Waals surface area contributed by atoms with Crippen LogP contribution in [0.3, 0.4) is 0 Å². The molecule has 0 saturated carbocycles. The summed E-state index contributed by atoms with van der Waals surface area (Å²) in [5.74, 6) is 1.71. The van der Waals surface area contributed by atoms with Gasteiger partial charge in [0.25, 0.3) is 0 Å². The molecule has 3 heteroatoms. The molecular weight excluding hydrogens is 174 g/mol. The van der Waals surface area contributed by atoms with Crippen molar-refractivity contribution in [3.63, 3.8) is 0 Å². The third-order valence-corrected chi connectivity index (χ3v) is 2.34. The minimum absolute atomic E-state index is 0.434. The zero-order valence-corrected chi connectivity index (χ0v) is 7.42. The van der Waals surface area contributed by atoms with Gasteiger partial charge in [-0.3, -0.25) is 0 Å². The molecule has 1 aromatic rings. The molecule has 0 spiro atoms. The van der Waals surface area contributed by atoms with Crippen LogP contribution in [0.5, 0.6) is 0 Å². The Morgan fingerprint density at radius 2 is 2.25 bits per heavy atom. The van der Waals surface area contributed by atoms with Crippen LogP contribution in [0.15, 0.2) is 22.8 Å². The van der Waals surface area contributed by atoms with Crippen molar-refractivity contribution in [3.05, 3.63) is 30.0 Å². The van der Waals surface area contributed by atoms with Crippen LogP contribution in [0.4, 0.5) is 0 Å². The van der Waals surface area contributed by atoms with Gasteiger partial charge in [-0.2, -0.15) is 0 Å². The number of allylic oxidation sites excluding steroid dienone is 2. The summed E-state index contributed by atoms with van der Waals surface area (Å²) in [6.07, 6.45) is 8.05. The van der Waals surface area contributed by atoms with E-state index in [1.165, 1.54) is 0 Å². The first-order valence-electron chi connectivity index (χ1n) is 4.05. The highest BCUT2D eigenvalue weighted by molar-refractivity contribution is 6.16. The van der Waals surface area contributed by atoms with Gasteiger partial charge in [-0.1, -0.05) is 12.2 Å². The van der Waals surface area contributed by atoms with E-state index in [1.807, 2.05) is 0 Å². The highest BCUT2D eigenvalue weighted by Crippen LogP contribution is 2.28. The summed E-state index contributed by atoms with van der Waals surface area (Å²) in [7, 11) is 0. The number of halogens is 1. The lowest BCUT2D eigenvalue weighted by Crippen LogP contribution is -1.92. The van der Waals surface area contributed by atoms with Crippen LogP contribution in [0, 0.1) is 0 Å². The second-order valence-electron chi connectivity index (χ2n) is 2.95. The van der Waals surface area contributed by atoms with Gasteiger partial charge in [0.2, 0.25) is 0 Å². The van der Waals surface area contributed by atoms with Gasteiger partial charge < -0.3 is 4.42 Å². The van der Waals surface area contributed by atoms with Gasteiger partial charge in [0, 0.05) is 5.92 Å². The average Bonchev–Trinajstić information content (AvgIpc) is 2.75. The SMILES string of the molecule is ClCc1coc(C2CC=CC2)n1. The van der Waals surface area contributed by atoms with Crippen molar-refractivity contribution in [2.45, 2.75) is 24.6 Å². The third kappa shape index (κ3) is 1.39. The first kappa shape index (κ1) is 7.87. The molecule has 0 aliphatic heterocycles. The third-order valence-electron chi connectivity index (χ3n) is 2.06. The van der Waals surface area contributed by atoms with Crippen LogP contribution in [0.2, 0.25) is 0 Å². The smallest absolute Gasteiger partial charge is 0.197 e. The topological polar surface area (TPSA) is 26.0 Å². The fourth-order valence-electron chi connectivity index (χ4n) is 1.39. The standard InChI is InChI=1S/C9H10ClNO/c10-5-8-6-12-9(11-8)7-3-1-2-4-7/h1-2,6-7H,3-5H2. The van der Waals surface area contributed by atoms with Gasteiger partial charge in [-0.25, -0.2) is 4.98 Å². The molecule has 0 atom stereocenters. The van der Waals surface area contributed by atoms with E-state index in [1.54, 1.807) is 6.26 Å². The monoisotopic (exact) mass is 183 g/mol. The van der Waals surface area contributed by atoms with Crippen LogP contribution in [-0.4, -0.2) is 4.98 Å². The lowest BCUT2D eigenvalue weighted by molar-refractivity contribution is 0.454. The predicted molar refractivity (Wildman–Crippen MR) is 47.2 cm³/mol. The molecule has 1 aliphatic rings. The Morgan fingerprint density at radius 3 is 2.83 bits per heavy atom. The zero-order valence-electron chi connectivity index (χ0n) is 6.66. The molecule has 1 aromatic heterocycles. The van der Waals surface area contributed by atoms with E-state index in [0.29, 0.717) is 11.8 Å². The van der Waals surface area contributed by atoms with E-state index >= 15 is 0 Å². The second kappa shape index (κ2) is 3.31. The highest BCUT2D eigenvalue weighted by Gasteiger charge is 2.17. The number of hydrogen-bond acceptors (Lipinski definition) is 2. The van der Waals surface area contributed by atoms with Crippen LogP contribution >= 0.6 is 11.6 Å². The Hall–Kier alpha value is -0.760. The molecule has 0 radical (unpaired) electrons. The molecule has 0 bridgehead atoms. The molecule has 12 heavy (non-hydrogen) atoms. The fourth-order valence-corrected chi connectivity index (χ4v) is 1.51. The first-order valence-corrected chi connectivity index (χ1v) is 4.59. The average molecular weight is 184 g/mol. The molecule has 2 rings (SSSR count). The van der Waals surface area contributed by atoms with Crippen molar-refractivity contribution in [2.75, 3.05) is 0 Å². The summed E-state index contributed by atoms with van der Waals surface area (Å²) < 4.78 is 5.30. The van der Waals surface area contributed by atoms with Gasteiger partial charge in [0.1, 0.15) is 6.26 Å². The van der Waals surface area contributed by atoms with Crippen LogP contribution in [0.1, 0.15) is 30.3 Å². The molecule has 0 amide bonds. The largest absolute Gasteiger partial charge is 0.448 e. The highest BCUT2D eigenvalue weighted by atomic mass is 35.5. The van der Waals surface area contributed by atoms with Gasteiger partial charge in [-0.05, 0) is 12.8 Å². The molecule has 1 heterocycles. The Morgan fingerprint density at radius 1 is 1.50 bits per heavy atom. The van der Waals surface area contributed by atoms with Crippen LogP contribution in [0.25, 0.3) is 0 Å². The van der Waals surface area contributed by atoms with Crippen molar-refractivity contribution >= 4 is 11.6 Å². The maximum atomic E-state index is 5.61. The molecule has 0 N–H and O–H groups in total. The molecule has 0 fully saturated rings. The lowest BCUT2D eigenvalue weighted by Gasteiger charge is -2.00. The minimum atomic E-state index is 0.434. The van der Waals surface area contributed by atoms with E-state index in [4.69, 9.17) is 16.0 Å². The summed E-state index contributed by atoms with van der Waals surface area (Å²) in [6, 6.07) is 0. The Labute approximate surface area is 76.2 Å². The fraction of sp³-hybridized carbons (Fsp3) is 0.444. The minimum Gasteiger partial charge on any atom is -0.448 e. The molecule has 2 nitrogen and oxygen atoms in total. The van der Waals surface area contributed by atoms with E-state index in [9.17, 15) is 0 Å². The Bertz CT molecular complexity index is 284. The van der Waals surface area contributed by atoms with Crippen molar-refractivity contribution < 1.29 is 4.42 Å². The number of oxazole rings is 1. The van der Waals surface area contributed by atoms with Crippen molar-refractivity contribution in [2.24, 2.45) is 0 Å². The lowest BCUT2D eigenvalue weighted by atomic mass is 10.1. The normalized spacial score (nSPS) is 17.4. The van der Waals surface area contributed by atoms with E-state index in [2.05, 4.69) is 17.1 Å². The molecule has 64 valence electrons. The number of rotatable bonds is 2. The van der Waals surface area contributed by atoms with Crippen molar-refractivity contribution in [1.82, 2.24) is 4.98 Å². The van der Waals surface area contributed by atoms with E-state index < -0.39 is 0 Å². The molecule has 0 unspecified atom stereocenters. The Balaban J connectivity index is 2.12. The van der Waals surface area contributed by atoms with Gasteiger partial charge in [0.05, 0.1) is 11.6 Å². The van der Waals surface area contributed by atoms with Crippen molar-refractivity contribution in [1.29, 1.82) is 0 Å². The molecule has 1 aliphatic carbocycles. The maximum absolute atomic E-state index is 5.61. The van der Waals surface area contributed by atoms with E-state index in [-0.39, 0.29) is 0 Å². The molecule has 0 saturated heterocycles. The summed E-state index contributed by atoms with van der Waals surface area (Å²) in [4.78, 5) is 4.27. The summed E-state index contributed by atoms with van der Waals surface area (Å²) >= 11 is 5.61.